The highest BCUT2D eigenvalue weighted by atomic mass is 15.2. The molecule has 0 aromatic rings. The lowest BCUT2D eigenvalue weighted by molar-refractivity contribution is 0.326. The van der Waals surface area contributed by atoms with Gasteiger partial charge in [0.15, 0.2) is 0 Å². The van der Waals surface area contributed by atoms with Crippen LogP contribution in [0.2, 0.25) is 0 Å². The molecule has 1 heteroatoms. The molecule has 1 heterocycles. The Kier molecular flexibility index (Phi) is 4.22. The quantitative estimate of drug-likeness (QED) is 0.668. The normalized spacial score (nSPS) is 34.5. The van der Waals surface area contributed by atoms with Crippen molar-refractivity contribution in [2.75, 3.05) is 19.6 Å². The number of fused-ring (bicyclic) bond motifs is 1. The zero-order valence-electron chi connectivity index (χ0n) is 11.2. The van der Waals surface area contributed by atoms with Crippen LogP contribution in [0.25, 0.3) is 0 Å². The predicted octanol–water partition coefficient (Wildman–Crippen LogP) is 3.65. The van der Waals surface area contributed by atoms with E-state index in [0.29, 0.717) is 0 Å². The summed E-state index contributed by atoms with van der Waals surface area (Å²) >= 11 is 0. The number of likely N-dealkylation sites (tertiary alicyclic amines) is 1. The molecule has 1 unspecified atom stereocenters. The Balaban J connectivity index is 1.86. The highest BCUT2D eigenvalue weighted by Gasteiger charge is 2.38. The molecule has 2 fully saturated rings. The molecule has 3 atom stereocenters. The summed E-state index contributed by atoms with van der Waals surface area (Å²) in [5.74, 6) is 2.92. The molecule has 17 heavy (non-hydrogen) atoms. The van der Waals surface area contributed by atoms with Crippen molar-refractivity contribution in [1.29, 1.82) is 0 Å². The van der Waals surface area contributed by atoms with Crippen LogP contribution in [-0.4, -0.2) is 24.5 Å². The van der Waals surface area contributed by atoms with Gasteiger partial charge in [-0.3, -0.25) is 4.90 Å². The second-order valence-electron chi connectivity index (χ2n) is 5.75. The van der Waals surface area contributed by atoms with Crippen LogP contribution in [0.5, 0.6) is 0 Å². The predicted molar refractivity (Wildman–Crippen MR) is 74.9 cm³/mol. The van der Waals surface area contributed by atoms with Gasteiger partial charge in [-0.1, -0.05) is 37.8 Å². The van der Waals surface area contributed by atoms with Crippen LogP contribution < -0.4 is 0 Å². The molecule has 1 nitrogen and oxygen atoms in total. The Morgan fingerprint density at radius 2 is 1.94 bits per heavy atom. The van der Waals surface area contributed by atoms with Gasteiger partial charge in [0.25, 0.3) is 0 Å². The number of allylic oxidation sites excluding steroid dienone is 3. The third kappa shape index (κ3) is 3.10. The largest absolute Gasteiger partial charge is 0.299 e. The van der Waals surface area contributed by atoms with Crippen molar-refractivity contribution >= 4 is 0 Å². The van der Waals surface area contributed by atoms with Crippen molar-refractivity contribution in [2.24, 2.45) is 17.8 Å². The Hall–Kier alpha value is -0.820. The van der Waals surface area contributed by atoms with E-state index in [1.807, 2.05) is 12.2 Å². The van der Waals surface area contributed by atoms with Crippen molar-refractivity contribution in [3.05, 3.63) is 36.5 Å². The lowest BCUT2D eigenvalue weighted by Crippen LogP contribution is -2.24. The first-order chi connectivity index (χ1) is 8.22. The van der Waals surface area contributed by atoms with Crippen LogP contribution in [0, 0.1) is 17.8 Å². The first kappa shape index (κ1) is 12.6. The minimum Gasteiger partial charge on any atom is -0.299 e. The van der Waals surface area contributed by atoms with Crippen molar-refractivity contribution in [1.82, 2.24) is 4.90 Å². The first-order valence-electron chi connectivity index (χ1n) is 6.89. The van der Waals surface area contributed by atoms with Crippen LogP contribution in [0.4, 0.5) is 0 Å². The molecule has 0 aromatic heterocycles. The Morgan fingerprint density at radius 3 is 2.47 bits per heavy atom. The van der Waals surface area contributed by atoms with Gasteiger partial charge in [0.2, 0.25) is 0 Å². The van der Waals surface area contributed by atoms with Gasteiger partial charge in [0, 0.05) is 19.6 Å². The summed E-state index contributed by atoms with van der Waals surface area (Å²) in [5, 5.41) is 0. The molecule has 0 aromatic carbocycles. The summed E-state index contributed by atoms with van der Waals surface area (Å²) in [6.07, 6.45) is 11.2. The fourth-order valence-corrected chi connectivity index (χ4v) is 3.52. The molecule has 0 spiro atoms. The molecular weight excluding hydrogens is 206 g/mol. The lowest BCUT2D eigenvalue weighted by Gasteiger charge is -2.18. The third-order valence-corrected chi connectivity index (χ3v) is 4.29. The molecule has 1 saturated carbocycles. The maximum absolute atomic E-state index is 3.73. The van der Waals surface area contributed by atoms with E-state index in [-0.39, 0.29) is 0 Å². The maximum Gasteiger partial charge on any atom is 0.0230 e. The molecule has 2 aliphatic rings. The average molecular weight is 231 g/mol. The summed E-state index contributed by atoms with van der Waals surface area (Å²) in [5.41, 5.74) is 1.41. The molecule has 0 amide bonds. The van der Waals surface area contributed by atoms with Crippen LogP contribution >= 0.6 is 0 Å². The zero-order chi connectivity index (χ0) is 12.3. The zero-order valence-corrected chi connectivity index (χ0v) is 11.2. The standard InChI is InChI=1S/C16H25N/c1-4-6-7-14(5-2)10-17-11-15-8-13(3)9-16(15)12-17/h4-7,13,15-16H,1,8-12H2,2-3H3/b7-6-,14-5+/t13?,15-,16+. The van der Waals surface area contributed by atoms with E-state index < -0.39 is 0 Å². The minimum atomic E-state index is 0.967. The second-order valence-corrected chi connectivity index (χ2v) is 5.75. The smallest absolute Gasteiger partial charge is 0.0230 e. The molecular formula is C16H25N. The Bertz CT molecular complexity index is 312. The maximum atomic E-state index is 3.73. The fraction of sp³-hybridized carbons (Fsp3) is 0.625. The average Bonchev–Trinajstić information content (AvgIpc) is 2.80. The van der Waals surface area contributed by atoms with Crippen molar-refractivity contribution in [3.8, 4) is 0 Å². The van der Waals surface area contributed by atoms with Gasteiger partial charge in [-0.25, -0.2) is 0 Å². The number of hydrogen-bond acceptors (Lipinski definition) is 1. The van der Waals surface area contributed by atoms with E-state index in [4.69, 9.17) is 0 Å². The van der Waals surface area contributed by atoms with Crippen LogP contribution in [-0.2, 0) is 0 Å². The van der Waals surface area contributed by atoms with Gasteiger partial charge in [0.05, 0.1) is 0 Å². The summed E-state index contributed by atoms with van der Waals surface area (Å²) < 4.78 is 0. The van der Waals surface area contributed by atoms with Crippen molar-refractivity contribution in [3.63, 3.8) is 0 Å². The van der Waals surface area contributed by atoms with E-state index in [9.17, 15) is 0 Å². The van der Waals surface area contributed by atoms with E-state index in [2.05, 4.69) is 37.5 Å². The van der Waals surface area contributed by atoms with Crippen LogP contribution in [0.1, 0.15) is 26.7 Å². The molecule has 1 aliphatic heterocycles. The number of nitrogens with zero attached hydrogens (tertiary/aromatic N) is 1. The molecule has 0 radical (unpaired) electrons. The van der Waals surface area contributed by atoms with E-state index >= 15 is 0 Å². The second kappa shape index (κ2) is 5.68. The molecule has 94 valence electrons. The van der Waals surface area contributed by atoms with Gasteiger partial charge in [-0.15, -0.1) is 0 Å². The van der Waals surface area contributed by atoms with Gasteiger partial charge in [-0.2, -0.15) is 0 Å². The molecule has 0 N–H and O–H groups in total. The molecule has 0 bridgehead atoms. The highest BCUT2D eigenvalue weighted by molar-refractivity contribution is 5.22. The topological polar surface area (TPSA) is 3.24 Å². The van der Waals surface area contributed by atoms with Gasteiger partial charge < -0.3 is 0 Å². The summed E-state index contributed by atoms with van der Waals surface area (Å²) in [6.45, 7) is 12.0. The van der Waals surface area contributed by atoms with Crippen LogP contribution in [0.3, 0.4) is 0 Å². The molecule has 1 saturated heterocycles. The number of hydrogen-bond donors (Lipinski definition) is 0. The van der Waals surface area contributed by atoms with Gasteiger partial charge in [-0.05, 0) is 43.1 Å². The summed E-state index contributed by atoms with van der Waals surface area (Å²) in [4.78, 5) is 2.63. The van der Waals surface area contributed by atoms with Crippen LogP contribution in [0.15, 0.2) is 36.5 Å². The van der Waals surface area contributed by atoms with Crippen molar-refractivity contribution in [2.45, 2.75) is 26.7 Å². The first-order valence-corrected chi connectivity index (χ1v) is 6.89. The Morgan fingerprint density at radius 1 is 1.29 bits per heavy atom. The molecule has 1 aliphatic carbocycles. The summed E-state index contributed by atoms with van der Waals surface area (Å²) in [7, 11) is 0. The third-order valence-electron chi connectivity index (χ3n) is 4.29. The van der Waals surface area contributed by atoms with Crippen molar-refractivity contribution < 1.29 is 0 Å². The van der Waals surface area contributed by atoms with Gasteiger partial charge in [0.1, 0.15) is 0 Å². The SMILES string of the molecule is C=C/C=C\C(=C/C)CN1C[C@H]2CC(C)C[C@H]2C1. The highest BCUT2D eigenvalue weighted by Crippen LogP contribution is 2.41. The minimum absolute atomic E-state index is 0.967. The van der Waals surface area contributed by atoms with Gasteiger partial charge >= 0.3 is 0 Å². The van der Waals surface area contributed by atoms with E-state index in [0.717, 1.165) is 24.3 Å². The fourth-order valence-electron chi connectivity index (χ4n) is 3.52. The monoisotopic (exact) mass is 231 g/mol. The van der Waals surface area contributed by atoms with E-state index in [1.165, 1.54) is 31.5 Å². The number of rotatable bonds is 4. The van der Waals surface area contributed by atoms with E-state index in [1.54, 1.807) is 0 Å². The molecule has 2 rings (SSSR count). The summed E-state index contributed by atoms with van der Waals surface area (Å²) in [6, 6.07) is 0. The Labute approximate surface area is 106 Å². The lowest BCUT2D eigenvalue weighted by atomic mass is 10.0.